The van der Waals surface area contributed by atoms with Crippen LogP contribution in [0.3, 0.4) is 0 Å². The third-order valence-corrected chi connectivity index (χ3v) is 6.32. The van der Waals surface area contributed by atoms with Crippen LogP contribution in [0, 0.1) is 6.92 Å². The Hall–Kier alpha value is -3.05. The summed E-state index contributed by atoms with van der Waals surface area (Å²) in [7, 11) is 0. The lowest BCUT2D eigenvalue weighted by Crippen LogP contribution is -2.34. The summed E-state index contributed by atoms with van der Waals surface area (Å²) in [4.78, 5) is 13.2. The van der Waals surface area contributed by atoms with Gasteiger partial charge in [-0.1, -0.05) is 0 Å². The van der Waals surface area contributed by atoms with E-state index >= 15 is 0 Å². The molecule has 5 rings (SSSR count). The fourth-order valence-electron chi connectivity index (χ4n) is 3.35. The Labute approximate surface area is 192 Å². The summed E-state index contributed by atoms with van der Waals surface area (Å²) in [6.07, 6.45) is 1.32. The maximum Gasteiger partial charge on any atom is 0.416 e. The molecule has 0 bridgehead atoms. The quantitative estimate of drug-likeness (QED) is 0.408. The van der Waals surface area contributed by atoms with Crippen LogP contribution >= 0.6 is 27.5 Å². The summed E-state index contributed by atoms with van der Waals surface area (Å²) < 4.78 is 44.8. The highest BCUT2D eigenvalue weighted by Crippen LogP contribution is 2.35. The third kappa shape index (κ3) is 4.05. The summed E-state index contributed by atoms with van der Waals surface area (Å²) >= 11 is 4.63. The zero-order valence-electron chi connectivity index (χ0n) is 16.5. The minimum Gasteiger partial charge on any atom is -0.380 e. The summed E-state index contributed by atoms with van der Waals surface area (Å²) in [5.74, 6) is 1.000. The van der Waals surface area contributed by atoms with E-state index in [0.717, 1.165) is 33.1 Å². The number of nitrogens with zero attached hydrogens (tertiary/aromatic N) is 3. The van der Waals surface area contributed by atoms with Crippen molar-refractivity contribution in [2.45, 2.75) is 13.1 Å². The first kappa shape index (κ1) is 20.8. The number of nitrogens with one attached hydrogen (secondary N) is 2. The number of aryl methyl sites for hydroxylation is 1. The Kier molecular flexibility index (Phi) is 5.09. The second-order valence-electron chi connectivity index (χ2n) is 7.21. The van der Waals surface area contributed by atoms with E-state index in [-0.39, 0.29) is 9.99 Å². The first-order chi connectivity index (χ1) is 15.3. The van der Waals surface area contributed by atoms with Gasteiger partial charge in [-0.05, 0) is 76.4 Å². The lowest BCUT2D eigenvalue weighted by Gasteiger charge is -2.21. The van der Waals surface area contributed by atoms with Crippen LogP contribution < -0.4 is 19.9 Å². The van der Waals surface area contributed by atoms with E-state index in [2.05, 4.69) is 41.7 Å². The Morgan fingerprint density at radius 1 is 1.25 bits per heavy atom. The number of halogens is 4. The van der Waals surface area contributed by atoms with Gasteiger partial charge in [0.1, 0.15) is 5.52 Å². The molecule has 0 aliphatic carbocycles. The molecule has 0 saturated carbocycles. The number of anilines is 2. The third-order valence-electron chi connectivity index (χ3n) is 4.91. The molecule has 0 fully saturated rings. The van der Waals surface area contributed by atoms with E-state index in [4.69, 9.17) is 4.84 Å². The van der Waals surface area contributed by atoms with E-state index in [1.54, 1.807) is 11.3 Å². The van der Waals surface area contributed by atoms with Gasteiger partial charge in [0.2, 0.25) is 5.95 Å². The van der Waals surface area contributed by atoms with Gasteiger partial charge in [-0.25, -0.2) is 10.0 Å². The molecule has 0 unspecified atom stereocenters. The molecule has 0 radical (unpaired) electrons. The number of imidazole rings is 1. The molecule has 11 heteroatoms. The van der Waals surface area contributed by atoms with Crippen LogP contribution in [0.15, 0.2) is 41.0 Å². The average molecular weight is 522 g/mol. The first-order valence-corrected chi connectivity index (χ1v) is 11.0. The highest BCUT2D eigenvalue weighted by molar-refractivity contribution is 9.10. The Bertz CT molecular complexity index is 1450. The number of benzene rings is 2. The van der Waals surface area contributed by atoms with Gasteiger partial charge in [0.05, 0.1) is 28.4 Å². The SMILES string of the molecule is Cc1cc(ON2C=c3cnsc3=CC2)ccc1Nc1nc2c(Br)cc(C(F)(F)F)cc2[nH]1. The van der Waals surface area contributed by atoms with Gasteiger partial charge in [0.15, 0.2) is 5.75 Å². The van der Waals surface area contributed by atoms with Crippen LogP contribution in [-0.2, 0) is 6.18 Å². The zero-order valence-corrected chi connectivity index (χ0v) is 18.9. The molecule has 0 saturated heterocycles. The molecule has 1 aliphatic rings. The van der Waals surface area contributed by atoms with Gasteiger partial charge in [0.25, 0.3) is 0 Å². The van der Waals surface area contributed by atoms with Crippen molar-refractivity contribution < 1.29 is 18.0 Å². The molecule has 0 spiro atoms. The maximum atomic E-state index is 13.1. The van der Waals surface area contributed by atoms with Crippen molar-refractivity contribution in [2.75, 3.05) is 11.9 Å². The molecule has 4 aromatic rings. The minimum absolute atomic E-state index is 0.269. The molecule has 2 aromatic carbocycles. The van der Waals surface area contributed by atoms with E-state index in [9.17, 15) is 13.2 Å². The molecule has 0 amide bonds. The van der Waals surface area contributed by atoms with Crippen molar-refractivity contribution in [2.24, 2.45) is 0 Å². The maximum absolute atomic E-state index is 13.1. The summed E-state index contributed by atoms with van der Waals surface area (Å²) in [5, 5.41) is 5.87. The van der Waals surface area contributed by atoms with Gasteiger partial charge in [-0.15, -0.1) is 0 Å². The lowest BCUT2D eigenvalue weighted by atomic mass is 10.2. The number of alkyl halides is 3. The standard InChI is InChI=1S/C21H15BrF3N5OS/c1-11-6-14(31-30-5-4-18-12(10-30)9-26-32-18)2-3-16(11)27-20-28-17-8-13(21(23,24)25)7-15(22)19(17)29-20/h2-4,6-10H,5H2,1H3,(H2,27,28,29). The van der Waals surface area contributed by atoms with E-state index in [0.29, 0.717) is 23.8 Å². The average Bonchev–Trinajstić information content (AvgIpc) is 3.35. The molecular weight excluding hydrogens is 507 g/mol. The highest BCUT2D eigenvalue weighted by atomic mass is 79.9. The molecular formula is C21H15BrF3N5OS. The predicted molar refractivity (Wildman–Crippen MR) is 121 cm³/mol. The Morgan fingerprint density at radius 3 is 2.88 bits per heavy atom. The van der Waals surface area contributed by atoms with Crippen LogP contribution in [0.5, 0.6) is 5.75 Å². The number of H-pyrrole nitrogens is 1. The molecule has 1 aliphatic heterocycles. The summed E-state index contributed by atoms with van der Waals surface area (Å²) in [6.45, 7) is 2.52. The zero-order chi connectivity index (χ0) is 22.5. The molecule has 3 heterocycles. The molecule has 2 aromatic heterocycles. The summed E-state index contributed by atoms with van der Waals surface area (Å²) in [5.41, 5.74) is 1.59. The van der Waals surface area contributed by atoms with E-state index in [1.807, 2.05) is 31.3 Å². The molecule has 2 N–H and O–H groups in total. The van der Waals surface area contributed by atoms with Crippen LogP contribution in [0.25, 0.3) is 23.3 Å². The first-order valence-electron chi connectivity index (χ1n) is 9.48. The number of aromatic nitrogens is 3. The number of hydrogen-bond donors (Lipinski definition) is 2. The van der Waals surface area contributed by atoms with Crippen LogP contribution in [0.4, 0.5) is 24.8 Å². The largest absolute Gasteiger partial charge is 0.416 e. The highest BCUT2D eigenvalue weighted by Gasteiger charge is 2.31. The number of aromatic amines is 1. The minimum atomic E-state index is -4.44. The van der Waals surface area contributed by atoms with Crippen LogP contribution in [-0.4, -0.2) is 25.9 Å². The van der Waals surface area contributed by atoms with Gasteiger partial charge in [0, 0.05) is 21.6 Å². The lowest BCUT2D eigenvalue weighted by molar-refractivity contribution is -0.137. The molecule has 32 heavy (non-hydrogen) atoms. The Morgan fingerprint density at radius 2 is 2.09 bits per heavy atom. The van der Waals surface area contributed by atoms with E-state index < -0.39 is 11.7 Å². The second-order valence-corrected chi connectivity index (χ2v) is 8.90. The number of hydrogen-bond acceptors (Lipinski definition) is 6. The van der Waals surface area contributed by atoms with Crippen molar-refractivity contribution >= 4 is 62.4 Å². The normalized spacial score (nSPS) is 13.5. The molecule has 164 valence electrons. The fraction of sp³-hybridized carbons (Fsp3) is 0.143. The molecule has 6 nitrogen and oxygen atoms in total. The number of fused-ring (bicyclic) bond motifs is 2. The molecule has 0 atom stereocenters. The van der Waals surface area contributed by atoms with Crippen molar-refractivity contribution in [1.29, 1.82) is 0 Å². The van der Waals surface area contributed by atoms with Crippen LogP contribution in [0.1, 0.15) is 11.1 Å². The monoisotopic (exact) mass is 521 g/mol. The fourth-order valence-corrected chi connectivity index (χ4v) is 4.54. The van der Waals surface area contributed by atoms with Gasteiger partial charge >= 0.3 is 6.18 Å². The van der Waals surface area contributed by atoms with Crippen molar-refractivity contribution in [3.05, 3.63) is 61.9 Å². The Balaban J connectivity index is 1.36. The van der Waals surface area contributed by atoms with Gasteiger partial charge < -0.3 is 15.1 Å². The van der Waals surface area contributed by atoms with Gasteiger partial charge in [-0.2, -0.15) is 17.5 Å². The van der Waals surface area contributed by atoms with Crippen molar-refractivity contribution in [1.82, 2.24) is 19.4 Å². The topological polar surface area (TPSA) is 66.1 Å². The van der Waals surface area contributed by atoms with Gasteiger partial charge in [-0.3, -0.25) is 0 Å². The number of hydroxylamine groups is 2. The van der Waals surface area contributed by atoms with E-state index in [1.165, 1.54) is 11.5 Å². The van der Waals surface area contributed by atoms with Crippen LogP contribution in [0.2, 0.25) is 0 Å². The summed E-state index contributed by atoms with van der Waals surface area (Å²) in [6, 6.07) is 7.58. The van der Waals surface area contributed by atoms with Crippen molar-refractivity contribution in [3.8, 4) is 5.75 Å². The smallest absolute Gasteiger partial charge is 0.380 e. The second kappa shape index (κ2) is 7.82. The van der Waals surface area contributed by atoms with Crippen molar-refractivity contribution in [3.63, 3.8) is 0 Å². The predicted octanol–water partition coefficient (Wildman–Crippen LogP) is 4.68. The number of rotatable bonds is 4.